The fourth-order valence-corrected chi connectivity index (χ4v) is 1.46. The minimum absolute atomic E-state index is 0.143. The predicted molar refractivity (Wildman–Crippen MR) is 55.0 cm³/mol. The van der Waals surface area contributed by atoms with Gasteiger partial charge in [0.25, 0.3) is 0 Å². The van der Waals surface area contributed by atoms with Crippen molar-refractivity contribution in [2.24, 2.45) is 0 Å². The topological polar surface area (TPSA) is 41.6 Å². The molecule has 82 valence electrons. The first kappa shape index (κ1) is 11.3. The molecule has 0 aromatic rings. The van der Waals surface area contributed by atoms with Gasteiger partial charge in [-0.25, -0.2) is 4.79 Å². The number of nitrogens with one attached hydrogen (secondary N) is 1. The van der Waals surface area contributed by atoms with Crippen LogP contribution in [0.5, 0.6) is 0 Å². The Morgan fingerprint density at radius 3 is 2.57 bits per heavy atom. The highest BCUT2D eigenvalue weighted by molar-refractivity contribution is 5.68. The molecule has 0 aliphatic carbocycles. The first-order valence-corrected chi connectivity index (χ1v) is 5.09. The van der Waals surface area contributed by atoms with Crippen LogP contribution in [0.25, 0.3) is 0 Å². The molecule has 1 fully saturated rings. The van der Waals surface area contributed by atoms with E-state index in [1.807, 2.05) is 20.8 Å². The number of carbonyl (C=O) groups is 1. The molecule has 0 unspecified atom stereocenters. The molecule has 0 saturated carbocycles. The van der Waals surface area contributed by atoms with Gasteiger partial charge in [0.2, 0.25) is 0 Å². The molecule has 1 amide bonds. The van der Waals surface area contributed by atoms with Gasteiger partial charge in [-0.2, -0.15) is 0 Å². The zero-order chi connectivity index (χ0) is 10.8. The second kappa shape index (κ2) is 4.17. The van der Waals surface area contributed by atoms with E-state index in [9.17, 15) is 4.79 Å². The molecule has 4 nitrogen and oxygen atoms in total. The average molecular weight is 200 g/mol. The number of hydrogen-bond donors (Lipinski definition) is 1. The van der Waals surface area contributed by atoms with Crippen LogP contribution in [0.2, 0.25) is 0 Å². The third-order valence-corrected chi connectivity index (χ3v) is 2.18. The lowest BCUT2D eigenvalue weighted by molar-refractivity contribution is 0.0209. The number of nitrogens with zero attached hydrogens (tertiary/aromatic N) is 1. The minimum atomic E-state index is -0.413. The monoisotopic (exact) mass is 200 g/mol. The second-order valence-corrected chi connectivity index (χ2v) is 4.70. The van der Waals surface area contributed by atoms with Crippen molar-refractivity contribution in [3.05, 3.63) is 0 Å². The number of amides is 1. The Balaban J connectivity index is 2.43. The summed E-state index contributed by atoms with van der Waals surface area (Å²) in [4.78, 5) is 13.2. The van der Waals surface area contributed by atoms with E-state index in [4.69, 9.17) is 4.74 Å². The Morgan fingerprint density at radius 2 is 2.14 bits per heavy atom. The summed E-state index contributed by atoms with van der Waals surface area (Å²) in [6.07, 6.45) is 2.02. The van der Waals surface area contributed by atoms with Crippen molar-refractivity contribution < 1.29 is 9.53 Å². The van der Waals surface area contributed by atoms with Crippen LogP contribution in [-0.4, -0.2) is 36.4 Å². The highest BCUT2D eigenvalue weighted by Crippen LogP contribution is 2.13. The fourth-order valence-electron chi connectivity index (χ4n) is 1.46. The quantitative estimate of drug-likeness (QED) is 0.698. The zero-order valence-electron chi connectivity index (χ0n) is 9.46. The molecule has 0 spiro atoms. The Hall–Kier alpha value is -0.770. The molecule has 0 aromatic carbocycles. The Bertz CT molecular complexity index is 205. The van der Waals surface area contributed by atoms with Crippen LogP contribution >= 0.6 is 0 Å². The largest absolute Gasteiger partial charge is 0.444 e. The van der Waals surface area contributed by atoms with Crippen LogP contribution in [0.3, 0.4) is 0 Å². The predicted octanol–water partition coefficient (Wildman–Crippen LogP) is 1.56. The van der Waals surface area contributed by atoms with Crippen molar-refractivity contribution >= 4 is 6.09 Å². The maximum atomic E-state index is 11.6. The molecule has 1 aliphatic heterocycles. The summed E-state index contributed by atoms with van der Waals surface area (Å²) < 4.78 is 5.26. The van der Waals surface area contributed by atoms with E-state index in [2.05, 4.69) is 5.32 Å². The molecule has 1 atom stereocenters. The highest BCUT2D eigenvalue weighted by Gasteiger charge is 2.26. The van der Waals surface area contributed by atoms with Crippen molar-refractivity contribution in [1.29, 1.82) is 0 Å². The van der Waals surface area contributed by atoms with Gasteiger partial charge >= 0.3 is 6.09 Å². The standard InChI is InChI=1S/C10H20N2O2/c1-10(2,3)14-9(13)12(4)8-6-5-7-11-8/h8,11H,5-7H2,1-4H3/t8-/m1/s1. The van der Waals surface area contributed by atoms with Crippen molar-refractivity contribution in [2.75, 3.05) is 13.6 Å². The molecular weight excluding hydrogens is 180 g/mol. The molecule has 1 N–H and O–H groups in total. The summed E-state index contributed by atoms with van der Waals surface area (Å²) >= 11 is 0. The van der Waals surface area contributed by atoms with E-state index in [1.165, 1.54) is 0 Å². The minimum Gasteiger partial charge on any atom is -0.444 e. The molecule has 14 heavy (non-hydrogen) atoms. The van der Waals surface area contributed by atoms with Crippen LogP contribution in [0.15, 0.2) is 0 Å². The molecule has 0 aromatic heterocycles. The first-order valence-electron chi connectivity index (χ1n) is 5.09. The second-order valence-electron chi connectivity index (χ2n) is 4.70. The summed E-state index contributed by atoms with van der Waals surface area (Å²) in [5.74, 6) is 0. The normalized spacial score (nSPS) is 22.1. The van der Waals surface area contributed by atoms with Gasteiger partial charge < -0.3 is 4.74 Å². The van der Waals surface area contributed by atoms with Crippen molar-refractivity contribution in [3.63, 3.8) is 0 Å². The van der Waals surface area contributed by atoms with Crippen LogP contribution in [-0.2, 0) is 4.74 Å². The van der Waals surface area contributed by atoms with Gasteiger partial charge in [0, 0.05) is 7.05 Å². The maximum absolute atomic E-state index is 11.6. The van der Waals surface area contributed by atoms with Crippen molar-refractivity contribution in [2.45, 2.75) is 45.4 Å². The van der Waals surface area contributed by atoms with Crippen molar-refractivity contribution in [3.8, 4) is 0 Å². The highest BCUT2D eigenvalue weighted by atomic mass is 16.6. The van der Waals surface area contributed by atoms with Gasteiger partial charge in [-0.05, 0) is 40.2 Å². The van der Waals surface area contributed by atoms with Crippen molar-refractivity contribution in [1.82, 2.24) is 10.2 Å². The molecule has 0 bridgehead atoms. The number of rotatable bonds is 1. The Morgan fingerprint density at radius 1 is 1.50 bits per heavy atom. The molecule has 1 rings (SSSR count). The summed E-state index contributed by atoms with van der Waals surface area (Å²) in [6.45, 7) is 6.61. The first-order chi connectivity index (χ1) is 6.40. The SMILES string of the molecule is CN(C(=O)OC(C)(C)C)[C@@H]1CCCN1. The van der Waals surface area contributed by atoms with Gasteiger partial charge in [0.15, 0.2) is 0 Å². The number of ether oxygens (including phenoxy) is 1. The van der Waals surface area contributed by atoms with E-state index < -0.39 is 5.60 Å². The zero-order valence-corrected chi connectivity index (χ0v) is 9.46. The molecule has 0 radical (unpaired) electrons. The Kier molecular flexibility index (Phi) is 3.37. The summed E-state index contributed by atoms with van der Waals surface area (Å²) in [7, 11) is 1.77. The molecule has 1 aliphatic rings. The van der Waals surface area contributed by atoms with E-state index in [0.29, 0.717) is 0 Å². The summed E-state index contributed by atoms with van der Waals surface area (Å²) in [5, 5.41) is 3.25. The lowest BCUT2D eigenvalue weighted by Crippen LogP contribution is -2.45. The van der Waals surface area contributed by atoms with Gasteiger partial charge in [0.1, 0.15) is 5.60 Å². The smallest absolute Gasteiger partial charge is 0.411 e. The van der Waals surface area contributed by atoms with Gasteiger partial charge in [-0.15, -0.1) is 0 Å². The summed E-state index contributed by atoms with van der Waals surface area (Å²) in [5.41, 5.74) is -0.413. The number of carbonyl (C=O) groups excluding carboxylic acids is 1. The van der Waals surface area contributed by atoms with Crippen LogP contribution < -0.4 is 5.32 Å². The summed E-state index contributed by atoms with van der Waals surface area (Å²) in [6, 6.07) is 0. The van der Waals surface area contributed by atoms with Crippen LogP contribution in [0.1, 0.15) is 33.6 Å². The Labute approximate surface area is 85.6 Å². The third-order valence-electron chi connectivity index (χ3n) is 2.18. The molecular formula is C10H20N2O2. The van der Waals surface area contributed by atoms with Gasteiger partial charge in [0.05, 0.1) is 6.17 Å². The molecule has 1 saturated heterocycles. The van der Waals surface area contributed by atoms with Gasteiger partial charge in [-0.3, -0.25) is 10.2 Å². The lowest BCUT2D eigenvalue weighted by atomic mass is 10.2. The molecule has 4 heteroatoms. The van der Waals surface area contributed by atoms with E-state index in [0.717, 1.165) is 19.4 Å². The number of hydrogen-bond acceptors (Lipinski definition) is 3. The van der Waals surface area contributed by atoms with Crippen LogP contribution in [0.4, 0.5) is 4.79 Å². The van der Waals surface area contributed by atoms with E-state index in [-0.39, 0.29) is 12.3 Å². The van der Waals surface area contributed by atoms with Gasteiger partial charge in [-0.1, -0.05) is 0 Å². The lowest BCUT2D eigenvalue weighted by Gasteiger charge is -2.28. The van der Waals surface area contributed by atoms with Crippen LogP contribution in [0, 0.1) is 0 Å². The average Bonchev–Trinajstić information content (AvgIpc) is 2.51. The fraction of sp³-hybridized carbons (Fsp3) is 0.900. The molecule has 1 heterocycles. The van der Waals surface area contributed by atoms with E-state index in [1.54, 1.807) is 11.9 Å². The third kappa shape index (κ3) is 3.18. The van der Waals surface area contributed by atoms with E-state index >= 15 is 0 Å². The maximum Gasteiger partial charge on any atom is 0.411 e.